The summed E-state index contributed by atoms with van der Waals surface area (Å²) in [5.74, 6) is 1.68. The van der Waals surface area contributed by atoms with Crippen LogP contribution in [0.15, 0.2) is 152 Å². The molecule has 3 aliphatic rings. The standard InChI is InChI=1S/C22H22N2O2.C21H19ClN2O2.C21H20N2O2.CH4/c1-14-3-6-17(7-4-14)20-12-19(22(23)25)15(2)24(20)13-16-5-8-18-9-10-26-21(18)11-16;1-13-18(21(23)25)11-19(15-4-6-17(22)7-5-15)24(13)12-14-2-3-16-8-9-26-20(16)10-14;1-14-18(21(22)24)12-19(16-5-3-2-4-6-16)23(14)13-15-7-8-17-9-10-25-20(17)11-15;/h3-8,11-12H,9-10,13H2,1-2H3,(H2,23,25);2-7,10-11H,8-9,12H2,1H3,(H2,23,25);2-8,11-12H,9-10,13H2,1H3,(H2,22,24);1H4. The van der Waals surface area contributed by atoms with E-state index in [4.69, 9.17) is 43.0 Å². The van der Waals surface area contributed by atoms with Crippen molar-refractivity contribution in [1.82, 2.24) is 13.7 Å². The average Bonchev–Trinajstić information content (AvgIpc) is 4.37. The highest BCUT2D eigenvalue weighted by molar-refractivity contribution is 6.30. The van der Waals surface area contributed by atoms with Crippen LogP contribution >= 0.6 is 11.6 Å². The molecule has 0 saturated carbocycles. The maximum absolute atomic E-state index is 11.9. The molecule has 3 aliphatic heterocycles. The number of amides is 3. The van der Waals surface area contributed by atoms with Gasteiger partial charge in [0.1, 0.15) is 17.2 Å². The SMILES string of the molecule is C.Cc1c(C(N)=O)cc(-c2ccc(Cl)cc2)n1Cc1ccc2c(c1)OCC2.Cc1c(C(N)=O)cc(-c2ccccc2)n1Cc1ccc2c(c1)OCC2.Cc1ccc(-c2cc(C(N)=O)c(C)n2Cc2ccc3c(c2)OCC3)cc1. The number of nitrogens with two attached hydrogens (primary N) is 3. The summed E-state index contributed by atoms with van der Waals surface area (Å²) < 4.78 is 23.5. The van der Waals surface area contributed by atoms with Gasteiger partial charge < -0.3 is 45.1 Å². The molecule has 0 bridgehead atoms. The van der Waals surface area contributed by atoms with Crippen LogP contribution in [0.2, 0.25) is 5.02 Å². The molecule has 12 nitrogen and oxygen atoms in total. The predicted molar refractivity (Wildman–Crippen MR) is 310 cm³/mol. The molecule has 3 aromatic heterocycles. The van der Waals surface area contributed by atoms with E-state index >= 15 is 0 Å². The quantitative estimate of drug-likeness (QED) is 0.110. The van der Waals surface area contributed by atoms with Gasteiger partial charge in [-0.1, -0.05) is 128 Å². The maximum atomic E-state index is 11.9. The third-order valence-electron chi connectivity index (χ3n) is 14.8. The Morgan fingerprint density at radius 1 is 0.436 bits per heavy atom. The van der Waals surface area contributed by atoms with Crippen LogP contribution in [0.5, 0.6) is 17.2 Å². The number of hydrogen-bond acceptors (Lipinski definition) is 6. The van der Waals surface area contributed by atoms with Gasteiger partial charge in [0.15, 0.2) is 0 Å². The van der Waals surface area contributed by atoms with Gasteiger partial charge in [-0.2, -0.15) is 0 Å². The van der Waals surface area contributed by atoms with Crippen LogP contribution in [0, 0.1) is 27.7 Å². The fourth-order valence-corrected chi connectivity index (χ4v) is 10.6. The number of hydrogen-bond donors (Lipinski definition) is 3. The molecule has 12 rings (SSSR count). The first kappa shape index (κ1) is 54.1. The molecule has 0 radical (unpaired) electrons. The molecule has 398 valence electrons. The Labute approximate surface area is 460 Å². The molecule has 0 saturated heterocycles. The number of rotatable bonds is 12. The van der Waals surface area contributed by atoms with E-state index in [1.807, 2.05) is 93.6 Å². The van der Waals surface area contributed by atoms with Crippen LogP contribution in [-0.4, -0.2) is 51.2 Å². The molecule has 13 heteroatoms. The summed E-state index contributed by atoms with van der Waals surface area (Å²) >= 11 is 6.01. The Hall–Kier alpha value is -8.74. The molecule has 6 N–H and O–H groups in total. The second-order valence-corrected chi connectivity index (χ2v) is 20.2. The van der Waals surface area contributed by atoms with Gasteiger partial charge in [-0.15, -0.1) is 0 Å². The highest BCUT2D eigenvalue weighted by Crippen LogP contribution is 2.34. The average molecular weight is 1060 g/mol. The fourth-order valence-electron chi connectivity index (χ4n) is 10.4. The van der Waals surface area contributed by atoms with Gasteiger partial charge in [-0.05, 0) is 126 Å². The van der Waals surface area contributed by atoms with E-state index in [9.17, 15) is 14.4 Å². The fraction of sp³-hybridized carbons (Fsp3) is 0.215. The van der Waals surface area contributed by atoms with Gasteiger partial charge in [0.05, 0.1) is 36.5 Å². The maximum Gasteiger partial charge on any atom is 0.250 e. The predicted octanol–water partition coefficient (Wildman–Crippen LogP) is 12.2. The van der Waals surface area contributed by atoms with Crippen molar-refractivity contribution in [3.05, 3.63) is 229 Å². The van der Waals surface area contributed by atoms with E-state index in [0.29, 0.717) is 41.3 Å². The van der Waals surface area contributed by atoms with Crippen molar-refractivity contribution in [2.45, 2.75) is 74.0 Å². The first-order valence-electron chi connectivity index (χ1n) is 25.8. The number of aryl methyl sites for hydroxylation is 1. The zero-order valence-corrected chi connectivity index (χ0v) is 44.5. The highest BCUT2D eigenvalue weighted by Gasteiger charge is 2.22. The molecular formula is C65H65ClN6O6. The van der Waals surface area contributed by atoms with E-state index in [1.54, 1.807) is 0 Å². The summed E-state index contributed by atoms with van der Waals surface area (Å²) in [5.41, 5.74) is 35.5. The lowest BCUT2D eigenvalue weighted by Crippen LogP contribution is -2.12. The number of fused-ring (bicyclic) bond motifs is 3. The topological polar surface area (TPSA) is 172 Å². The van der Waals surface area contributed by atoms with Crippen molar-refractivity contribution in [2.24, 2.45) is 17.2 Å². The van der Waals surface area contributed by atoms with Gasteiger partial charge in [0, 0.05) is 78.1 Å². The van der Waals surface area contributed by atoms with E-state index in [-0.39, 0.29) is 7.43 Å². The van der Waals surface area contributed by atoms with E-state index < -0.39 is 17.7 Å². The van der Waals surface area contributed by atoms with Crippen molar-refractivity contribution in [2.75, 3.05) is 19.8 Å². The first-order valence-corrected chi connectivity index (χ1v) is 26.2. The van der Waals surface area contributed by atoms with Crippen LogP contribution in [0.3, 0.4) is 0 Å². The molecule has 0 fully saturated rings. The zero-order valence-electron chi connectivity index (χ0n) is 43.7. The number of ether oxygens (including phenoxy) is 3. The van der Waals surface area contributed by atoms with Crippen LogP contribution in [0.1, 0.15) is 94.5 Å². The minimum absolute atomic E-state index is 0. The number of carbonyl (C=O) groups excluding carboxylic acids is 3. The minimum Gasteiger partial charge on any atom is -0.493 e. The lowest BCUT2D eigenvalue weighted by Gasteiger charge is -2.13. The number of primary amides is 3. The summed E-state index contributed by atoms with van der Waals surface area (Å²) in [6.45, 7) is 12.1. The van der Waals surface area contributed by atoms with Crippen LogP contribution < -0.4 is 31.4 Å². The molecule has 9 aromatic rings. The van der Waals surface area contributed by atoms with Gasteiger partial charge in [0.25, 0.3) is 17.7 Å². The second-order valence-electron chi connectivity index (χ2n) is 19.8. The second kappa shape index (κ2) is 23.2. The Kier molecular flexibility index (Phi) is 16.1. The minimum atomic E-state index is -0.422. The molecular weight excluding hydrogens is 996 g/mol. The van der Waals surface area contributed by atoms with Crippen molar-refractivity contribution in [3.63, 3.8) is 0 Å². The lowest BCUT2D eigenvalue weighted by atomic mass is 10.1. The number of nitrogens with zero attached hydrogens (tertiary/aromatic N) is 3. The molecule has 78 heavy (non-hydrogen) atoms. The van der Waals surface area contributed by atoms with Crippen LogP contribution in [0.25, 0.3) is 33.8 Å². The smallest absolute Gasteiger partial charge is 0.250 e. The Morgan fingerprint density at radius 2 is 0.756 bits per heavy atom. The van der Waals surface area contributed by atoms with E-state index in [0.717, 1.165) is 124 Å². The summed E-state index contributed by atoms with van der Waals surface area (Å²) in [7, 11) is 0. The lowest BCUT2D eigenvalue weighted by molar-refractivity contribution is 0.0991. The largest absolute Gasteiger partial charge is 0.493 e. The summed E-state index contributed by atoms with van der Waals surface area (Å²) in [6, 6.07) is 50.6. The summed E-state index contributed by atoms with van der Waals surface area (Å²) in [6.07, 6.45) is 2.90. The molecule has 6 heterocycles. The van der Waals surface area contributed by atoms with Gasteiger partial charge >= 0.3 is 0 Å². The van der Waals surface area contributed by atoms with Crippen molar-refractivity contribution in [1.29, 1.82) is 0 Å². The van der Waals surface area contributed by atoms with Gasteiger partial charge in [-0.25, -0.2) is 0 Å². The van der Waals surface area contributed by atoms with E-state index in [2.05, 4.69) is 99.5 Å². The first-order chi connectivity index (χ1) is 37.2. The number of aromatic nitrogens is 3. The summed E-state index contributed by atoms with van der Waals surface area (Å²) in [5, 5.41) is 0.675. The third-order valence-corrected chi connectivity index (χ3v) is 15.0. The number of halogens is 1. The van der Waals surface area contributed by atoms with E-state index in [1.165, 1.54) is 22.3 Å². The molecule has 6 aromatic carbocycles. The Balaban J connectivity index is 0.000000141. The van der Waals surface area contributed by atoms with Crippen molar-refractivity contribution < 1.29 is 28.6 Å². The number of benzene rings is 6. The Morgan fingerprint density at radius 3 is 1.09 bits per heavy atom. The third kappa shape index (κ3) is 11.5. The van der Waals surface area contributed by atoms with Crippen LogP contribution in [-0.2, 0) is 38.9 Å². The summed E-state index contributed by atoms with van der Waals surface area (Å²) in [4.78, 5) is 35.5. The monoisotopic (exact) mass is 1060 g/mol. The van der Waals surface area contributed by atoms with Crippen LogP contribution in [0.4, 0.5) is 0 Å². The normalized spacial score (nSPS) is 12.5. The molecule has 0 spiro atoms. The van der Waals surface area contributed by atoms with Gasteiger partial charge in [-0.3, -0.25) is 14.4 Å². The Bertz CT molecular complexity index is 3520. The zero-order chi connectivity index (χ0) is 53.9. The molecule has 3 amide bonds. The van der Waals surface area contributed by atoms with Crippen molar-refractivity contribution >= 4 is 29.3 Å². The molecule has 0 unspecified atom stereocenters. The van der Waals surface area contributed by atoms with Crippen molar-refractivity contribution in [3.8, 4) is 51.0 Å². The molecule has 0 aliphatic carbocycles. The highest BCUT2D eigenvalue weighted by atomic mass is 35.5. The molecule has 0 atom stereocenters. The number of carbonyl (C=O) groups is 3. The van der Waals surface area contributed by atoms with Gasteiger partial charge in [0.2, 0.25) is 0 Å².